The lowest BCUT2D eigenvalue weighted by Crippen LogP contribution is -2.32. The number of carbonyl (C=O) groups excluding carboxylic acids is 2. The Bertz CT molecular complexity index is 938. The van der Waals surface area contributed by atoms with Crippen LogP contribution in [-0.2, 0) is 16.1 Å². The Balaban J connectivity index is 1.68. The van der Waals surface area contributed by atoms with Gasteiger partial charge in [0.15, 0.2) is 11.5 Å². The monoisotopic (exact) mass is 416 g/mol. The number of carbonyl (C=O) groups is 2. The van der Waals surface area contributed by atoms with E-state index in [-0.39, 0.29) is 37.0 Å². The summed E-state index contributed by atoms with van der Waals surface area (Å²) in [5.41, 5.74) is 1.72. The van der Waals surface area contributed by atoms with Gasteiger partial charge in [-0.1, -0.05) is 6.07 Å². The summed E-state index contributed by atoms with van der Waals surface area (Å²) < 4.78 is 30.2. The first-order valence-corrected chi connectivity index (χ1v) is 9.51. The maximum absolute atomic E-state index is 14.2. The lowest BCUT2D eigenvalue weighted by molar-refractivity contribution is -0.126. The fourth-order valence-electron chi connectivity index (χ4n) is 3.52. The standard InChI is InChI=1S/C22H25FN2O5/c1-13-5-6-17(16(23)7-13)25-12-15(10-20(25)26)22(27)24-11-14-8-18(28-2)21(30-4)19(9-14)29-3/h5-9,15H,10-12H2,1-4H3,(H,24,27). The molecule has 0 aliphatic carbocycles. The molecule has 1 heterocycles. The maximum atomic E-state index is 14.2. The van der Waals surface area contributed by atoms with Crippen molar-refractivity contribution in [1.29, 1.82) is 0 Å². The number of methoxy groups -OCH3 is 3. The van der Waals surface area contributed by atoms with E-state index in [4.69, 9.17) is 14.2 Å². The average molecular weight is 416 g/mol. The number of amides is 2. The maximum Gasteiger partial charge on any atom is 0.227 e. The number of nitrogens with one attached hydrogen (secondary N) is 1. The molecular formula is C22H25FN2O5. The van der Waals surface area contributed by atoms with Crippen LogP contribution in [0.3, 0.4) is 0 Å². The van der Waals surface area contributed by atoms with Gasteiger partial charge in [-0.05, 0) is 42.3 Å². The van der Waals surface area contributed by atoms with Crippen molar-refractivity contribution in [2.75, 3.05) is 32.8 Å². The number of ether oxygens (including phenoxy) is 3. The van der Waals surface area contributed by atoms with Crippen molar-refractivity contribution in [3.63, 3.8) is 0 Å². The minimum atomic E-state index is -0.555. The molecule has 1 unspecified atom stereocenters. The third kappa shape index (κ3) is 4.32. The number of nitrogens with zero attached hydrogens (tertiary/aromatic N) is 1. The summed E-state index contributed by atoms with van der Waals surface area (Å²) in [6.45, 7) is 2.14. The quantitative estimate of drug-likeness (QED) is 0.751. The van der Waals surface area contributed by atoms with Crippen LogP contribution in [0.2, 0.25) is 0 Å². The highest BCUT2D eigenvalue weighted by atomic mass is 19.1. The topological polar surface area (TPSA) is 77.1 Å². The van der Waals surface area contributed by atoms with Gasteiger partial charge in [0, 0.05) is 19.5 Å². The Morgan fingerprint density at radius 1 is 1.13 bits per heavy atom. The molecule has 1 aliphatic rings. The van der Waals surface area contributed by atoms with E-state index < -0.39 is 11.7 Å². The summed E-state index contributed by atoms with van der Waals surface area (Å²) in [5.74, 6) is -0.136. The van der Waals surface area contributed by atoms with Crippen molar-refractivity contribution in [1.82, 2.24) is 5.32 Å². The van der Waals surface area contributed by atoms with Gasteiger partial charge in [0.2, 0.25) is 17.6 Å². The van der Waals surface area contributed by atoms with Crippen molar-refractivity contribution >= 4 is 17.5 Å². The SMILES string of the molecule is COc1cc(CNC(=O)C2CC(=O)N(c3ccc(C)cc3F)C2)cc(OC)c1OC. The molecule has 2 aromatic carbocycles. The van der Waals surface area contributed by atoms with Gasteiger partial charge < -0.3 is 24.4 Å². The Labute approximate surface area is 174 Å². The average Bonchev–Trinajstić information content (AvgIpc) is 3.12. The second-order valence-electron chi connectivity index (χ2n) is 7.11. The molecule has 30 heavy (non-hydrogen) atoms. The minimum absolute atomic E-state index is 0.0361. The molecule has 160 valence electrons. The molecule has 1 fully saturated rings. The zero-order valence-electron chi connectivity index (χ0n) is 17.5. The second kappa shape index (κ2) is 9.02. The van der Waals surface area contributed by atoms with E-state index >= 15 is 0 Å². The van der Waals surface area contributed by atoms with Crippen molar-refractivity contribution in [2.45, 2.75) is 19.9 Å². The molecule has 3 rings (SSSR count). The molecule has 1 saturated heterocycles. The molecule has 1 aliphatic heterocycles. The van der Waals surface area contributed by atoms with Gasteiger partial charge in [-0.25, -0.2) is 4.39 Å². The summed E-state index contributed by atoms with van der Waals surface area (Å²) >= 11 is 0. The van der Waals surface area contributed by atoms with E-state index in [1.165, 1.54) is 32.3 Å². The van der Waals surface area contributed by atoms with Crippen LogP contribution < -0.4 is 24.4 Å². The summed E-state index contributed by atoms with van der Waals surface area (Å²) in [6.07, 6.45) is 0.0361. The van der Waals surface area contributed by atoms with Crippen molar-refractivity contribution in [2.24, 2.45) is 5.92 Å². The molecule has 0 saturated carbocycles. The first-order chi connectivity index (χ1) is 14.4. The minimum Gasteiger partial charge on any atom is -0.493 e. The summed E-state index contributed by atoms with van der Waals surface area (Å²) in [5, 5.41) is 2.83. The molecule has 2 aromatic rings. The molecule has 2 amide bonds. The largest absolute Gasteiger partial charge is 0.493 e. The third-order valence-corrected chi connectivity index (χ3v) is 5.08. The van der Waals surface area contributed by atoms with Crippen LogP contribution in [0.25, 0.3) is 0 Å². The predicted octanol–water partition coefficient (Wildman–Crippen LogP) is 2.83. The van der Waals surface area contributed by atoms with Crippen LogP contribution in [-0.4, -0.2) is 39.7 Å². The first kappa shape index (κ1) is 21.4. The number of hydrogen-bond acceptors (Lipinski definition) is 5. The molecule has 0 bridgehead atoms. The van der Waals surface area contributed by atoms with Crippen molar-refractivity contribution in [3.8, 4) is 17.2 Å². The van der Waals surface area contributed by atoms with E-state index in [1.807, 2.05) is 0 Å². The van der Waals surface area contributed by atoms with E-state index in [0.29, 0.717) is 17.2 Å². The van der Waals surface area contributed by atoms with E-state index in [9.17, 15) is 14.0 Å². The zero-order chi connectivity index (χ0) is 21.8. The van der Waals surface area contributed by atoms with Gasteiger partial charge in [0.25, 0.3) is 0 Å². The van der Waals surface area contributed by atoms with Crippen LogP contribution in [0.15, 0.2) is 30.3 Å². The van der Waals surface area contributed by atoms with Gasteiger partial charge >= 0.3 is 0 Å². The van der Waals surface area contributed by atoms with Crippen LogP contribution in [0.5, 0.6) is 17.2 Å². The molecule has 1 atom stereocenters. The Morgan fingerprint density at radius 3 is 2.37 bits per heavy atom. The smallest absolute Gasteiger partial charge is 0.227 e. The molecule has 0 spiro atoms. The molecular weight excluding hydrogens is 391 g/mol. The third-order valence-electron chi connectivity index (χ3n) is 5.08. The Hall–Kier alpha value is -3.29. The van der Waals surface area contributed by atoms with Gasteiger partial charge in [0.05, 0.1) is 32.9 Å². The number of halogens is 1. The summed E-state index contributed by atoms with van der Waals surface area (Å²) in [6, 6.07) is 8.17. The Morgan fingerprint density at radius 2 is 1.80 bits per heavy atom. The fourth-order valence-corrected chi connectivity index (χ4v) is 3.52. The number of anilines is 1. The number of aryl methyl sites for hydroxylation is 1. The highest BCUT2D eigenvalue weighted by Gasteiger charge is 2.36. The number of rotatable bonds is 7. The highest BCUT2D eigenvalue weighted by molar-refractivity contribution is 6.00. The molecule has 1 N–H and O–H groups in total. The van der Waals surface area contributed by atoms with Crippen LogP contribution in [0, 0.1) is 18.7 Å². The van der Waals surface area contributed by atoms with Crippen molar-refractivity contribution < 1.29 is 28.2 Å². The lowest BCUT2D eigenvalue weighted by Gasteiger charge is -2.18. The molecule has 7 nitrogen and oxygen atoms in total. The van der Waals surface area contributed by atoms with Crippen LogP contribution in [0.4, 0.5) is 10.1 Å². The molecule has 8 heteroatoms. The van der Waals surface area contributed by atoms with Gasteiger partial charge in [-0.3, -0.25) is 9.59 Å². The van der Waals surface area contributed by atoms with Crippen LogP contribution >= 0.6 is 0 Å². The van der Waals surface area contributed by atoms with E-state index in [0.717, 1.165) is 11.1 Å². The zero-order valence-corrected chi connectivity index (χ0v) is 17.5. The second-order valence-corrected chi connectivity index (χ2v) is 7.11. The Kier molecular flexibility index (Phi) is 6.44. The molecule has 0 aromatic heterocycles. The van der Waals surface area contributed by atoms with E-state index in [2.05, 4.69) is 5.32 Å². The number of benzene rings is 2. The predicted molar refractivity (Wildman–Crippen MR) is 110 cm³/mol. The van der Waals surface area contributed by atoms with Gasteiger partial charge in [-0.2, -0.15) is 0 Å². The van der Waals surface area contributed by atoms with Crippen molar-refractivity contribution in [3.05, 3.63) is 47.3 Å². The molecule has 0 radical (unpaired) electrons. The first-order valence-electron chi connectivity index (χ1n) is 9.51. The normalized spacial score (nSPS) is 15.8. The lowest BCUT2D eigenvalue weighted by atomic mass is 10.1. The van der Waals surface area contributed by atoms with Crippen LogP contribution in [0.1, 0.15) is 17.5 Å². The van der Waals surface area contributed by atoms with E-state index in [1.54, 1.807) is 31.2 Å². The van der Waals surface area contributed by atoms with Gasteiger partial charge in [-0.15, -0.1) is 0 Å². The highest BCUT2D eigenvalue weighted by Crippen LogP contribution is 2.38. The number of hydrogen-bond donors (Lipinski definition) is 1. The summed E-state index contributed by atoms with van der Waals surface area (Å²) in [4.78, 5) is 26.3. The fraction of sp³-hybridized carbons (Fsp3) is 0.364. The van der Waals surface area contributed by atoms with Gasteiger partial charge in [0.1, 0.15) is 5.82 Å². The summed E-state index contributed by atoms with van der Waals surface area (Å²) in [7, 11) is 4.55.